The summed E-state index contributed by atoms with van der Waals surface area (Å²) in [6.45, 7) is 1.89. The smallest absolute Gasteiger partial charge is 0.339 e. The lowest BCUT2D eigenvalue weighted by Crippen LogP contribution is -2.30. The highest BCUT2D eigenvalue weighted by molar-refractivity contribution is 8.00. The Bertz CT molecular complexity index is 1690. The summed E-state index contributed by atoms with van der Waals surface area (Å²) in [5.74, 6) is -1.83. The Balaban J connectivity index is 1.51. The van der Waals surface area contributed by atoms with Gasteiger partial charge < -0.3 is 20.7 Å². The predicted octanol–water partition coefficient (Wildman–Crippen LogP) is 7.05. The van der Waals surface area contributed by atoms with Crippen LogP contribution in [0.4, 0.5) is 11.4 Å². The molecule has 4 aromatic rings. The molecule has 4 aromatic carbocycles. The lowest BCUT2D eigenvalue weighted by Gasteiger charge is -2.17. The Morgan fingerprint density at radius 1 is 0.864 bits per heavy atom. The predicted molar refractivity (Wildman–Crippen MR) is 175 cm³/mol. The molecule has 3 N–H and O–H groups in total. The Morgan fingerprint density at radius 3 is 2.30 bits per heavy atom. The average Bonchev–Trinajstić information content (AvgIpc) is 3.04. The number of hydrogen-bond donors (Lipinski definition) is 3. The van der Waals surface area contributed by atoms with Crippen LogP contribution >= 0.6 is 23.4 Å². The standard InChI is InChI=1S/C34H30ClN3O5S/c1-3-30(33(41)37-28-19-10-8-17-26(28)34(42)43-2)44-25-16-11-15-24(21-25)36-32(40)29(20-23-14-7-9-18-27(23)35)38-31(39)22-12-5-4-6-13-22/h4-21,30H,3H2,1-2H3,(H,36,40)(H,37,41)(H,38,39)/b29-20+. The van der Waals surface area contributed by atoms with Gasteiger partial charge in [-0.3, -0.25) is 14.4 Å². The van der Waals surface area contributed by atoms with Crippen LogP contribution in [-0.2, 0) is 14.3 Å². The van der Waals surface area contributed by atoms with Gasteiger partial charge in [-0.25, -0.2) is 4.79 Å². The molecule has 0 aliphatic carbocycles. The van der Waals surface area contributed by atoms with E-state index < -0.39 is 23.0 Å². The van der Waals surface area contributed by atoms with Gasteiger partial charge in [0.15, 0.2) is 0 Å². The van der Waals surface area contributed by atoms with E-state index in [9.17, 15) is 19.2 Å². The highest BCUT2D eigenvalue weighted by atomic mass is 35.5. The largest absolute Gasteiger partial charge is 0.465 e. The molecule has 224 valence electrons. The summed E-state index contributed by atoms with van der Waals surface area (Å²) in [7, 11) is 1.28. The van der Waals surface area contributed by atoms with Crippen molar-refractivity contribution in [3.63, 3.8) is 0 Å². The third-order valence-electron chi connectivity index (χ3n) is 6.36. The number of ether oxygens (including phenoxy) is 1. The number of halogens is 1. The number of rotatable bonds is 11. The van der Waals surface area contributed by atoms with Crippen molar-refractivity contribution in [2.24, 2.45) is 0 Å². The minimum Gasteiger partial charge on any atom is -0.465 e. The second-order valence-corrected chi connectivity index (χ2v) is 11.1. The number of benzene rings is 4. The van der Waals surface area contributed by atoms with Crippen LogP contribution in [-0.4, -0.2) is 36.1 Å². The van der Waals surface area contributed by atoms with Crippen LogP contribution < -0.4 is 16.0 Å². The van der Waals surface area contributed by atoms with Gasteiger partial charge in [0.1, 0.15) is 5.70 Å². The number of methoxy groups -OCH3 is 1. The number of anilines is 2. The van der Waals surface area contributed by atoms with E-state index in [1.807, 2.05) is 13.0 Å². The summed E-state index contributed by atoms with van der Waals surface area (Å²) in [6.07, 6.45) is 2.02. The fourth-order valence-corrected chi connectivity index (χ4v) is 5.32. The molecule has 0 aliphatic rings. The topological polar surface area (TPSA) is 114 Å². The van der Waals surface area contributed by atoms with Crippen LogP contribution in [0.2, 0.25) is 5.02 Å². The van der Waals surface area contributed by atoms with Crippen LogP contribution in [0.3, 0.4) is 0 Å². The fourth-order valence-electron chi connectivity index (χ4n) is 4.12. The molecule has 0 saturated heterocycles. The van der Waals surface area contributed by atoms with Crippen LogP contribution in [0.5, 0.6) is 0 Å². The minimum absolute atomic E-state index is 0.0000861. The van der Waals surface area contributed by atoms with E-state index in [0.717, 1.165) is 4.90 Å². The minimum atomic E-state index is -0.555. The molecule has 0 heterocycles. The molecule has 0 bridgehead atoms. The summed E-state index contributed by atoms with van der Waals surface area (Å²) >= 11 is 7.65. The van der Waals surface area contributed by atoms with E-state index in [0.29, 0.717) is 33.9 Å². The van der Waals surface area contributed by atoms with E-state index in [2.05, 4.69) is 16.0 Å². The Kier molecular flexibility index (Phi) is 11.3. The SMILES string of the molecule is CCC(Sc1cccc(NC(=O)/C(=C\c2ccccc2Cl)NC(=O)c2ccccc2)c1)C(=O)Nc1ccccc1C(=O)OC. The quantitative estimate of drug-likeness (QED) is 0.0933. The Labute approximate surface area is 264 Å². The number of hydrogen-bond acceptors (Lipinski definition) is 6. The van der Waals surface area contributed by atoms with E-state index in [1.165, 1.54) is 24.9 Å². The maximum absolute atomic E-state index is 13.5. The van der Waals surface area contributed by atoms with Gasteiger partial charge in [-0.05, 0) is 66.6 Å². The fraction of sp³-hybridized carbons (Fsp3) is 0.118. The second kappa shape index (κ2) is 15.6. The summed E-state index contributed by atoms with van der Waals surface area (Å²) in [5, 5.41) is 8.29. The van der Waals surface area contributed by atoms with Crippen molar-refractivity contribution in [3.05, 3.63) is 131 Å². The van der Waals surface area contributed by atoms with Crippen molar-refractivity contribution in [1.29, 1.82) is 0 Å². The Hall–Kier alpha value is -4.86. The van der Waals surface area contributed by atoms with Crippen LogP contribution in [0.1, 0.15) is 39.6 Å². The van der Waals surface area contributed by atoms with Gasteiger partial charge in [0.2, 0.25) is 5.91 Å². The normalized spacial score (nSPS) is 11.7. The molecule has 1 unspecified atom stereocenters. The highest BCUT2D eigenvalue weighted by Crippen LogP contribution is 2.29. The van der Waals surface area contributed by atoms with Gasteiger partial charge in [0, 0.05) is 21.2 Å². The first-order chi connectivity index (χ1) is 21.3. The molecule has 0 spiro atoms. The molecule has 10 heteroatoms. The van der Waals surface area contributed by atoms with E-state index >= 15 is 0 Å². The molecule has 0 aromatic heterocycles. The third-order valence-corrected chi connectivity index (χ3v) is 8.06. The monoisotopic (exact) mass is 627 g/mol. The van der Waals surface area contributed by atoms with Gasteiger partial charge in [0.25, 0.3) is 11.8 Å². The first-order valence-electron chi connectivity index (χ1n) is 13.7. The highest BCUT2D eigenvalue weighted by Gasteiger charge is 2.21. The average molecular weight is 628 g/mol. The maximum Gasteiger partial charge on any atom is 0.339 e. The first-order valence-corrected chi connectivity index (χ1v) is 14.9. The lowest BCUT2D eigenvalue weighted by atomic mass is 10.1. The molecule has 3 amide bonds. The molecule has 0 aliphatic heterocycles. The molecule has 4 rings (SSSR count). The molecule has 0 radical (unpaired) electrons. The summed E-state index contributed by atoms with van der Waals surface area (Å²) in [4.78, 5) is 52.4. The molecule has 0 fully saturated rings. The zero-order valence-corrected chi connectivity index (χ0v) is 25.6. The van der Waals surface area contributed by atoms with E-state index in [4.69, 9.17) is 16.3 Å². The molecule has 44 heavy (non-hydrogen) atoms. The van der Waals surface area contributed by atoms with Crippen LogP contribution in [0.25, 0.3) is 6.08 Å². The van der Waals surface area contributed by atoms with Gasteiger partial charge in [-0.1, -0.05) is 73.1 Å². The lowest BCUT2D eigenvalue weighted by molar-refractivity contribution is -0.116. The summed E-state index contributed by atoms with van der Waals surface area (Å²) < 4.78 is 4.82. The number of thioether (sulfide) groups is 1. The van der Waals surface area contributed by atoms with Gasteiger partial charge >= 0.3 is 5.97 Å². The zero-order valence-electron chi connectivity index (χ0n) is 24.0. The van der Waals surface area contributed by atoms with Crippen LogP contribution in [0.15, 0.2) is 114 Å². The Morgan fingerprint density at radius 2 is 1.57 bits per heavy atom. The number of nitrogens with one attached hydrogen (secondary N) is 3. The van der Waals surface area contributed by atoms with E-state index in [-0.39, 0.29) is 17.2 Å². The molecular formula is C34H30ClN3O5S. The molecular weight excluding hydrogens is 598 g/mol. The first kappa shape index (κ1) is 32.1. The number of para-hydroxylation sites is 1. The number of carbonyl (C=O) groups excluding carboxylic acids is 4. The van der Waals surface area contributed by atoms with Crippen molar-refractivity contribution in [2.75, 3.05) is 17.7 Å². The van der Waals surface area contributed by atoms with E-state index in [1.54, 1.807) is 97.1 Å². The second-order valence-electron chi connectivity index (χ2n) is 9.42. The third kappa shape index (κ3) is 8.59. The molecule has 1 atom stereocenters. The van der Waals surface area contributed by atoms with Crippen LogP contribution in [0, 0.1) is 0 Å². The van der Waals surface area contributed by atoms with Crippen molar-refractivity contribution in [3.8, 4) is 0 Å². The molecule has 8 nitrogen and oxygen atoms in total. The van der Waals surface area contributed by atoms with Crippen molar-refractivity contribution < 1.29 is 23.9 Å². The number of esters is 1. The molecule has 0 saturated carbocycles. The van der Waals surface area contributed by atoms with Gasteiger partial charge in [-0.15, -0.1) is 11.8 Å². The van der Waals surface area contributed by atoms with Crippen molar-refractivity contribution in [1.82, 2.24) is 5.32 Å². The summed E-state index contributed by atoms with van der Waals surface area (Å²) in [6, 6.07) is 29.2. The zero-order chi connectivity index (χ0) is 31.5. The summed E-state index contributed by atoms with van der Waals surface area (Å²) in [5.41, 5.74) is 2.03. The number of amides is 3. The van der Waals surface area contributed by atoms with Crippen molar-refractivity contribution in [2.45, 2.75) is 23.5 Å². The van der Waals surface area contributed by atoms with Crippen molar-refractivity contribution >= 4 is 64.5 Å². The van der Waals surface area contributed by atoms with Gasteiger partial charge in [-0.2, -0.15) is 0 Å². The maximum atomic E-state index is 13.5. The number of carbonyl (C=O) groups is 4. The van der Waals surface area contributed by atoms with Gasteiger partial charge in [0.05, 0.1) is 23.6 Å².